The number of carbonyl (C=O) groups is 1. The summed E-state index contributed by atoms with van der Waals surface area (Å²) in [6, 6.07) is 17.7. The van der Waals surface area contributed by atoms with Crippen molar-refractivity contribution in [2.24, 2.45) is 0 Å². The predicted molar refractivity (Wildman–Crippen MR) is 128 cm³/mol. The van der Waals surface area contributed by atoms with Crippen molar-refractivity contribution in [3.63, 3.8) is 0 Å². The van der Waals surface area contributed by atoms with Crippen LogP contribution in [0.3, 0.4) is 0 Å². The molecule has 1 aliphatic heterocycles. The fourth-order valence-electron chi connectivity index (χ4n) is 4.33. The van der Waals surface area contributed by atoms with Crippen LogP contribution in [0.1, 0.15) is 11.3 Å². The van der Waals surface area contributed by atoms with Crippen molar-refractivity contribution in [1.82, 2.24) is 29.6 Å². The largest absolute Gasteiger partial charge is 0.358 e. The monoisotopic (exact) mass is 456 g/mol. The number of hydrogen-bond acceptors (Lipinski definition) is 5. The van der Waals surface area contributed by atoms with E-state index in [-0.39, 0.29) is 17.2 Å². The lowest BCUT2D eigenvalue weighted by molar-refractivity contribution is -0.129. The molecule has 33 heavy (non-hydrogen) atoms. The number of aromatic amines is 2. The molecule has 4 heterocycles. The summed E-state index contributed by atoms with van der Waals surface area (Å²) >= 11 is 1.24. The Morgan fingerprint density at radius 2 is 1.85 bits per heavy atom. The van der Waals surface area contributed by atoms with Crippen LogP contribution in [0.25, 0.3) is 27.6 Å². The number of hydrogen-bond donors (Lipinski definition) is 2. The molecule has 1 amide bonds. The Kier molecular flexibility index (Phi) is 4.76. The van der Waals surface area contributed by atoms with Gasteiger partial charge in [0.25, 0.3) is 5.56 Å². The molecule has 0 spiro atoms. The molecule has 1 aliphatic rings. The van der Waals surface area contributed by atoms with Gasteiger partial charge >= 0.3 is 0 Å². The third-order valence-corrected chi connectivity index (χ3v) is 6.84. The third-order valence-electron chi connectivity index (χ3n) is 5.98. The molecule has 3 aromatic heterocycles. The first-order valence-corrected chi connectivity index (χ1v) is 11.7. The molecular weight excluding hydrogens is 436 g/mol. The standard InChI is InChI=1S/C24H20N6O2S/c31-21(29-11-10-20-18(13-29)16-8-4-5-9-19(16)26-20)14-33-24-27-22-17(23(32)28-24)12-25-30(22)15-6-2-1-3-7-15/h1-9,12,26H,10-11,13-14H2,(H,27,28,32). The number of carbonyl (C=O) groups excluding carboxylic acids is 1. The van der Waals surface area contributed by atoms with Crippen molar-refractivity contribution in [1.29, 1.82) is 0 Å². The molecule has 8 nitrogen and oxygen atoms in total. The van der Waals surface area contributed by atoms with E-state index in [9.17, 15) is 9.59 Å². The van der Waals surface area contributed by atoms with Crippen LogP contribution in [0.4, 0.5) is 0 Å². The summed E-state index contributed by atoms with van der Waals surface area (Å²) in [5.41, 5.74) is 4.53. The van der Waals surface area contributed by atoms with Crippen LogP contribution in [-0.4, -0.2) is 47.8 Å². The van der Waals surface area contributed by atoms with Crippen molar-refractivity contribution in [3.8, 4) is 5.69 Å². The van der Waals surface area contributed by atoms with Gasteiger partial charge in [0.05, 0.1) is 17.6 Å². The lowest BCUT2D eigenvalue weighted by Gasteiger charge is -2.27. The molecule has 0 saturated carbocycles. The Hall–Kier alpha value is -3.85. The van der Waals surface area contributed by atoms with Gasteiger partial charge in [-0.25, -0.2) is 9.67 Å². The molecule has 0 fully saturated rings. The van der Waals surface area contributed by atoms with Crippen molar-refractivity contribution >= 4 is 39.6 Å². The molecule has 0 saturated heterocycles. The fraction of sp³-hybridized carbons (Fsp3) is 0.167. The number of para-hydroxylation sites is 2. The summed E-state index contributed by atoms with van der Waals surface area (Å²) in [5.74, 6) is 0.223. The highest BCUT2D eigenvalue weighted by atomic mass is 32.2. The summed E-state index contributed by atoms with van der Waals surface area (Å²) in [4.78, 5) is 38.3. The van der Waals surface area contributed by atoms with Crippen LogP contribution in [0.5, 0.6) is 0 Å². The van der Waals surface area contributed by atoms with E-state index >= 15 is 0 Å². The maximum atomic E-state index is 13.0. The molecule has 2 aromatic carbocycles. The Morgan fingerprint density at radius 1 is 1.03 bits per heavy atom. The van der Waals surface area contributed by atoms with E-state index in [1.54, 1.807) is 4.68 Å². The second-order valence-corrected chi connectivity index (χ2v) is 8.95. The van der Waals surface area contributed by atoms with Gasteiger partial charge in [0.15, 0.2) is 10.8 Å². The number of amides is 1. The van der Waals surface area contributed by atoms with E-state index < -0.39 is 0 Å². The van der Waals surface area contributed by atoms with Gasteiger partial charge in [0.2, 0.25) is 5.91 Å². The molecule has 0 aliphatic carbocycles. The van der Waals surface area contributed by atoms with Gasteiger partial charge in [-0.3, -0.25) is 9.59 Å². The summed E-state index contributed by atoms with van der Waals surface area (Å²) < 4.78 is 1.64. The molecule has 0 atom stereocenters. The molecule has 5 aromatic rings. The highest BCUT2D eigenvalue weighted by Gasteiger charge is 2.24. The topological polar surface area (TPSA) is 99.7 Å². The molecule has 164 valence electrons. The van der Waals surface area contributed by atoms with Gasteiger partial charge in [-0.1, -0.05) is 48.2 Å². The SMILES string of the molecule is O=C(CSc1nc2c(cnn2-c2ccccc2)c(=O)[nH]1)N1CCc2[nH]c3ccccc3c2C1. The summed E-state index contributed by atoms with van der Waals surface area (Å²) in [6.45, 7) is 1.26. The normalized spacial score (nSPS) is 13.5. The van der Waals surface area contributed by atoms with Gasteiger partial charge in [-0.2, -0.15) is 5.10 Å². The molecule has 2 N–H and O–H groups in total. The van der Waals surface area contributed by atoms with E-state index in [0.29, 0.717) is 29.3 Å². The van der Waals surface area contributed by atoms with Crippen LogP contribution in [0.2, 0.25) is 0 Å². The van der Waals surface area contributed by atoms with Crippen molar-refractivity contribution in [3.05, 3.63) is 82.4 Å². The number of benzene rings is 2. The molecule has 0 bridgehead atoms. The Bertz CT molecular complexity index is 1550. The van der Waals surface area contributed by atoms with Gasteiger partial charge in [-0.05, 0) is 18.2 Å². The zero-order valence-corrected chi connectivity index (χ0v) is 18.4. The van der Waals surface area contributed by atoms with Crippen LogP contribution in [0, 0.1) is 0 Å². The summed E-state index contributed by atoms with van der Waals surface area (Å²) in [6.07, 6.45) is 2.32. The number of aromatic nitrogens is 5. The van der Waals surface area contributed by atoms with Crippen LogP contribution < -0.4 is 5.56 Å². The molecule has 6 rings (SSSR count). The number of fused-ring (bicyclic) bond motifs is 4. The first-order chi connectivity index (χ1) is 16.2. The van der Waals surface area contributed by atoms with Gasteiger partial charge in [0.1, 0.15) is 5.39 Å². The van der Waals surface area contributed by atoms with Crippen molar-refractivity contribution < 1.29 is 4.79 Å². The lowest BCUT2D eigenvalue weighted by atomic mass is 10.0. The quantitative estimate of drug-likeness (QED) is 0.319. The van der Waals surface area contributed by atoms with Crippen molar-refractivity contribution in [2.75, 3.05) is 12.3 Å². The minimum absolute atomic E-state index is 0.0234. The molecule has 9 heteroatoms. The second-order valence-electron chi connectivity index (χ2n) is 7.98. The van der Waals surface area contributed by atoms with E-state index in [1.807, 2.05) is 47.4 Å². The molecular formula is C24H20N6O2S. The number of nitrogens with zero attached hydrogens (tertiary/aromatic N) is 4. The number of rotatable bonds is 4. The van der Waals surface area contributed by atoms with Gasteiger partial charge in [0, 0.05) is 41.7 Å². The highest BCUT2D eigenvalue weighted by molar-refractivity contribution is 7.99. The summed E-state index contributed by atoms with van der Waals surface area (Å²) in [7, 11) is 0. The fourth-order valence-corrected chi connectivity index (χ4v) is 5.08. The average Bonchev–Trinajstić information content (AvgIpc) is 3.44. The number of nitrogens with one attached hydrogen (secondary N) is 2. The Labute approximate surface area is 192 Å². The first-order valence-electron chi connectivity index (χ1n) is 10.7. The average molecular weight is 457 g/mol. The maximum Gasteiger partial charge on any atom is 0.262 e. The molecule has 0 radical (unpaired) electrons. The Morgan fingerprint density at radius 3 is 2.73 bits per heavy atom. The zero-order chi connectivity index (χ0) is 22.4. The third kappa shape index (κ3) is 3.50. The minimum Gasteiger partial charge on any atom is -0.358 e. The number of H-pyrrole nitrogens is 2. The predicted octanol–water partition coefficient (Wildman–Crippen LogP) is 3.27. The maximum absolute atomic E-state index is 13.0. The second kappa shape index (κ2) is 7.93. The van der Waals surface area contributed by atoms with E-state index in [0.717, 1.165) is 17.6 Å². The van der Waals surface area contributed by atoms with Crippen LogP contribution in [-0.2, 0) is 17.8 Å². The Balaban J connectivity index is 1.22. The zero-order valence-electron chi connectivity index (χ0n) is 17.6. The van der Waals surface area contributed by atoms with Crippen LogP contribution >= 0.6 is 11.8 Å². The number of thioether (sulfide) groups is 1. The van der Waals surface area contributed by atoms with Crippen LogP contribution in [0.15, 0.2) is 70.7 Å². The summed E-state index contributed by atoms with van der Waals surface area (Å²) in [5, 5.41) is 6.31. The van der Waals surface area contributed by atoms with E-state index in [1.165, 1.54) is 34.6 Å². The minimum atomic E-state index is -0.265. The van der Waals surface area contributed by atoms with Gasteiger partial charge < -0.3 is 14.9 Å². The molecule has 0 unspecified atom stereocenters. The highest BCUT2D eigenvalue weighted by Crippen LogP contribution is 2.28. The van der Waals surface area contributed by atoms with E-state index in [2.05, 4.69) is 32.2 Å². The first kappa shape index (κ1) is 19.8. The van der Waals surface area contributed by atoms with Crippen molar-refractivity contribution in [2.45, 2.75) is 18.1 Å². The lowest BCUT2D eigenvalue weighted by Crippen LogP contribution is -2.37. The smallest absolute Gasteiger partial charge is 0.262 e. The van der Waals surface area contributed by atoms with Gasteiger partial charge in [-0.15, -0.1) is 0 Å². The van der Waals surface area contributed by atoms with E-state index in [4.69, 9.17) is 0 Å².